The first-order valence-corrected chi connectivity index (χ1v) is 12.9. The van der Waals surface area contributed by atoms with Gasteiger partial charge in [-0.05, 0) is 49.7 Å². The molecule has 0 bridgehead atoms. The van der Waals surface area contributed by atoms with Crippen molar-refractivity contribution in [1.82, 2.24) is 14.6 Å². The Hall–Kier alpha value is -2.94. The van der Waals surface area contributed by atoms with Crippen LogP contribution in [0, 0.1) is 6.92 Å². The van der Waals surface area contributed by atoms with E-state index in [9.17, 15) is 14.4 Å². The number of benzene rings is 1. The number of hydrogen-bond donors (Lipinski definition) is 3. The normalized spacial score (nSPS) is 17.9. The lowest BCUT2D eigenvalue weighted by molar-refractivity contribution is -0.127. The van der Waals surface area contributed by atoms with Crippen LogP contribution < -0.4 is 16.8 Å². The number of amides is 3. The maximum absolute atomic E-state index is 14.0. The van der Waals surface area contributed by atoms with Crippen LogP contribution in [0.25, 0.3) is 0 Å². The van der Waals surface area contributed by atoms with Gasteiger partial charge in [0.25, 0.3) is 11.8 Å². The van der Waals surface area contributed by atoms with Crippen LogP contribution in [0.15, 0.2) is 24.3 Å². The van der Waals surface area contributed by atoms with Crippen LogP contribution in [0.4, 0.5) is 5.69 Å². The summed E-state index contributed by atoms with van der Waals surface area (Å²) in [6.07, 6.45) is 8.89. The van der Waals surface area contributed by atoms with E-state index in [0.717, 1.165) is 74.0 Å². The van der Waals surface area contributed by atoms with Crippen molar-refractivity contribution < 1.29 is 14.4 Å². The summed E-state index contributed by atoms with van der Waals surface area (Å²) in [5.74, 6) is -1.32. The summed E-state index contributed by atoms with van der Waals surface area (Å²) in [5.41, 5.74) is 13.2. The minimum Gasteiger partial charge on any atom is -0.395 e. The van der Waals surface area contributed by atoms with Gasteiger partial charge in [-0.1, -0.05) is 61.9 Å². The number of nitrogens with zero attached hydrogens (tertiary/aromatic N) is 2. The Bertz CT molecular complexity index is 1040. The van der Waals surface area contributed by atoms with Gasteiger partial charge in [-0.25, -0.2) is 0 Å². The van der Waals surface area contributed by atoms with E-state index in [1.54, 1.807) is 4.90 Å². The molecule has 2 fully saturated rings. The van der Waals surface area contributed by atoms with Crippen molar-refractivity contribution in [3.05, 3.63) is 46.0 Å². The second-order valence-corrected chi connectivity index (χ2v) is 10.2. The first-order valence-electron chi connectivity index (χ1n) is 12.1. The molecule has 8 nitrogen and oxygen atoms in total. The molecule has 182 valence electrons. The first-order chi connectivity index (χ1) is 16.4. The van der Waals surface area contributed by atoms with E-state index < -0.39 is 11.9 Å². The fraction of sp³-hybridized carbons (Fsp3) is 0.520. The van der Waals surface area contributed by atoms with Gasteiger partial charge >= 0.3 is 0 Å². The number of hydrogen-bond acceptors (Lipinski definition) is 6. The molecule has 34 heavy (non-hydrogen) atoms. The zero-order chi connectivity index (χ0) is 24.2. The topological polar surface area (TPSA) is 131 Å². The zero-order valence-electron chi connectivity index (χ0n) is 19.6. The molecule has 1 aromatic carbocycles. The molecule has 0 saturated heterocycles. The largest absolute Gasteiger partial charge is 0.395 e. The lowest BCUT2D eigenvalue weighted by Gasteiger charge is -2.37. The summed E-state index contributed by atoms with van der Waals surface area (Å²) in [6.45, 7) is 1.99. The molecule has 0 radical (unpaired) electrons. The standard InChI is InChI=1S/C25H33N5O3S/c1-15-11-13-16(14-12-15)21(24(32)28-17-7-3-2-4-8-17)30(18-9-5-6-10-18)25(33)22-19(26)20(23(27)31)29-34-22/h11-14,17-18,21H,2-10,26H2,1H3,(H2,27,31)(H,28,32). The molecule has 1 unspecified atom stereocenters. The number of anilines is 1. The highest BCUT2D eigenvalue weighted by molar-refractivity contribution is 7.09. The minimum atomic E-state index is -0.795. The molecule has 1 atom stereocenters. The predicted octanol–water partition coefficient (Wildman–Crippen LogP) is 3.71. The summed E-state index contributed by atoms with van der Waals surface area (Å²) in [7, 11) is 0. The average Bonchev–Trinajstić information content (AvgIpc) is 3.48. The van der Waals surface area contributed by atoms with Gasteiger partial charge in [0.05, 0.1) is 5.69 Å². The lowest BCUT2D eigenvalue weighted by Crippen LogP contribution is -2.50. The highest BCUT2D eigenvalue weighted by Gasteiger charge is 2.40. The van der Waals surface area contributed by atoms with Crippen molar-refractivity contribution in [2.45, 2.75) is 82.8 Å². The van der Waals surface area contributed by atoms with Crippen LogP contribution in [-0.4, -0.2) is 39.1 Å². The van der Waals surface area contributed by atoms with E-state index in [1.165, 1.54) is 6.42 Å². The second-order valence-electron chi connectivity index (χ2n) is 9.45. The van der Waals surface area contributed by atoms with E-state index >= 15 is 0 Å². The third-order valence-electron chi connectivity index (χ3n) is 6.98. The van der Waals surface area contributed by atoms with Crippen LogP contribution in [0.1, 0.15) is 95.1 Å². The Balaban J connectivity index is 1.74. The van der Waals surface area contributed by atoms with E-state index in [-0.39, 0.29) is 40.2 Å². The number of primary amides is 1. The summed E-state index contributed by atoms with van der Waals surface area (Å²) in [6, 6.07) is 6.97. The lowest BCUT2D eigenvalue weighted by atomic mass is 9.94. The fourth-order valence-corrected chi connectivity index (χ4v) is 5.89. The van der Waals surface area contributed by atoms with Gasteiger partial charge in [0.2, 0.25) is 5.91 Å². The Morgan fingerprint density at radius 2 is 1.65 bits per heavy atom. The number of carbonyl (C=O) groups is 3. The number of nitrogens with one attached hydrogen (secondary N) is 1. The van der Waals surface area contributed by atoms with Gasteiger partial charge in [-0.3, -0.25) is 14.4 Å². The molecule has 2 aliphatic rings. The van der Waals surface area contributed by atoms with Crippen molar-refractivity contribution in [3.63, 3.8) is 0 Å². The maximum Gasteiger partial charge on any atom is 0.270 e. The molecular weight excluding hydrogens is 450 g/mol. The van der Waals surface area contributed by atoms with Crippen molar-refractivity contribution in [2.24, 2.45) is 5.73 Å². The van der Waals surface area contributed by atoms with Gasteiger partial charge in [-0.15, -0.1) is 0 Å². The van der Waals surface area contributed by atoms with E-state index in [0.29, 0.717) is 0 Å². The van der Waals surface area contributed by atoms with Crippen molar-refractivity contribution in [2.75, 3.05) is 5.73 Å². The summed E-state index contributed by atoms with van der Waals surface area (Å²) < 4.78 is 4.02. The quantitative estimate of drug-likeness (QED) is 0.552. The number of aryl methyl sites for hydroxylation is 1. The highest BCUT2D eigenvalue weighted by atomic mass is 32.1. The maximum atomic E-state index is 14.0. The Morgan fingerprint density at radius 1 is 1.03 bits per heavy atom. The van der Waals surface area contributed by atoms with Gasteiger partial charge < -0.3 is 21.7 Å². The monoisotopic (exact) mass is 483 g/mol. The third kappa shape index (κ3) is 5.09. The number of nitrogens with two attached hydrogens (primary N) is 2. The Kier molecular flexibility index (Phi) is 7.50. The van der Waals surface area contributed by atoms with E-state index in [2.05, 4.69) is 9.69 Å². The van der Waals surface area contributed by atoms with Crippen molar-refractivity contribution in [1.29, 1.82) is 0 Å². The van der Waals surface area contributed by atoms with Gasteiger partial charge in [0, 0.05) is 12.1 Å². The Labute approximate surface area is 204 Å². The molecule has 2 saturated carbocycles. The zero-order valence-corrected chi connectivity index (χ0v) is 20.4. The van der Waals surface area contributed by atoms with Gasteiger partial charge in [0.15, 0.2) is 5.69 Å². The summed E-state index contributed by atoms with van der Waals surface area (Å²) >= 11 is 0.863. The van der Waals surface area contributed by atoms with Crippen LogP contribution in [-0.2, 0) is 4.79 Å². The van der Waals surface area contributed by atoms with E-state index in [4.69, 9.17) is 11.5 Å². The molecule has 2 aromatic rings. The average molecular weight is 484 g/mol. The SMILES string of the molecule is Cc1ccc(C(C(=O)NC2CCCCC2)N(C(=O)c2snc(C(N)=O)c2N)C2CCCC2)cc1. The number of rotatable bonds is 7. The fourth-order valence-electron chi connectivity index (χ4n) is 5.14. The minimum absolute atomic E-state index is 0.0131. The van der Waals surface area contributed by atoms with Crippen LogP contribution in [0.2, 0.25) is 0 Å². The molecule has 1 aromatic heterocycles. The molecule has 1 heterocycles. The molecular formula is C25H33N5O3S. The molecule has 0 spiro atoms. The summed E-state index contributed by atoms with van der Waals surface area (Å²) in [4.78, 5) is 41.3. The molecule has 2 aliphatic carbocycles. The van der Waals surface area contributed by atoms with Crippen LogP contribution in [0.3, 0.4) is 0 Å². The van der Waals surface area contributed by atoms with Crippen LogP contribution in [0.5, 0.6) is 0 Å². The van der Waals surface area contributed by atoms with Crippen molar-refractivity contribution in [3.8, 4) is 0 Å². The molecule has 5 N–H and O–H groups in total. The van der Waals surface area contributed by atoms with Gasteiger partial charge in [0.1, 0.15) is 10.9 Å². The summed E-state index contributed by atoms with van der Waals surface area (Å²) in [5, 5.41) is 3.23. The smallest absolute Gasteiger partial charge is 0.270 e. The number of nitrogen functional groups attached to an aromatic ring is 1. The van der Waals surface area contributed by atoms with E-state index in [1.807, 2.05) is 31.2 Å². The Morgan fingerprint density at radius 3 is 2.24 bits per heavy atom. The highest BCUT2D eigenvalue weighted by Crippen LogP contribution is 2.36. The predicted molar refractivity (Wildman–Crippen MR) is 132 cm³/mol. The van der Waals surface area contributed by atoms with Gasteiger partial charge in [-0.2, -0.15) is 4.37 Å². The third-order valence-corrected chi connectivity index (χ3v) is 7.83. The molecule has 9 heteroatoms. The number of carbonyl (C=O) groups excluding carboxylic acids is 3. The second kappa shape index (κ2) is 10.5. The molecule has 0 aliphatic heterocycles. The van der Waals surface area contributed by atoms with Crippen molar-refractivity contribution >= 4 is 34.9 Å². The van der Waals surface area contributed by atoms with Crippen LogP contribution >= 0.6 is 11.5 Å². The molecule has 4 rings (SSSR count). The number of aromatic nitrogens is 1. The first kappa shape index (κ1) is 24.2. The molecule has 3 amide bonds.